The fraction of sp³-hybridized carbons (Fsp3) is 0.393. The predicted molar refractivity (Wildman–Crippen MR) is 155 cm³/mol. The summed E-state index contributed by atoms with van der Waals surface area (Å²) < 4.78 is 0. The molecule has 0 aromatic heterocycles. The van der Waals surface area contributed by atoms with Crippen molar-refractivity contribution in [3.8, 4) is 5.75 Å². The first-order valence-corrected chi connectivity index (χ1v) is 13.3. The molecule has 14 nitrogen and oxygen atoms in total. The van der Waals surface area contributed by atoms with Crippen molar-refractivity contribution >= 4 is 29.7 Å². The smallest absolute Gasteiger partial charge is 0.326 e. The number of aliphatic carboxylic acids is 1. The molecule has 2 rings (SSSR count). The van der Waals surface area contributed by atoms with Crippen molar-refractivity contribution in [3.05, 3.63) is 65.7 Å². The highest BCUT2D eigenvalue weighted by Crippen LogP contribution is 2.12. The van der Waals surface area contributed by atoms with E-state index in [0.717, 1.165) is 5.56 Å². The average Bonchev–Trinajstić information content (AvgIpc) is 2.93. The maximum absolute atomic E-state index is 13.2. The van der Waals surface area contributed by atoms with Crippen molar-refractivity contribution in [2.24, 2.45) is 22.2 Å². The topological polar surface area (TPSA) is 255 Å². The van der Waals surface area contributed by atoms with E-state index in [2.05, 4.69) is 20.9 Å². The maximum atomic E-state index is 13.2. The van der Waals surface area contributed by atoms with Gasteiger partial charge < -0.3 is 48.5 Å². The van der Waals surface area contributed by atoms with Gasteiger partial charge in [0, 0.05) is 13.0 Å². The number of nitrogens with two attached hydrogens (primary N) is 3. The first-order valence-electron chi connectivity index (χ1n) is 13.3. The molecule has 3 amide bonds. The fourth-order valence-electron chi connectivity index (χ4n) is 4.00. The number of aromatic hydroxyl groups is 1. The van der Waals surface area contributed by atoms with Gasteiger partial charge >= 0.3 is 5.97 Å². The molecule has 0 aliphatic rings. The molecule has 5 unspecified atom stereocenters. The Morgan fingerprint density at radius 3 is 2.00 bits per heavy atom. The Labute approximate surface area is 243 Å². The summed E-state index contributed by atoms with van der Waals surface area (Å²) in [5, 5.41) is 36.8. The van der Waals surface area contributed by atoms with Crippen LogP contribution in [0.3, 0.4) is 0 Å². The zero-order valence-electron chi connectivity index (χ0n) is 23.3. The van der Waals surface area contributed by atoms with Gasteiger partial charge in [0.15, 0.2) is 5.96 Å². The second kappa shape index (κ2) is 16.5. The quantitative estimate of drug-likeness (QED) is 0.0624. The van der Waals surface area contributed by atoms with Crippen LogP contribution < -0.4 is 33.2 Å². The predicted octanol–water partition coefficient (Wildman–Crippen LogP) is -1.52. The largest absolute Gasteiger partial charge is 0.508 e. The number of carboxylic acids is 1. The fourth-order valence-corrected chi connectivity index (χ4v) is 4.00. The molecule has 228 valence electrons. The Morgan fingerprint density at radius 2 is 1.43 bits per heavy atom. The molecule has 0 aliphatic heterocycles. The second-order valence-corrected chi connectivity index (χ2v) is 9.80. The van der Waals surface area contributed by atoms with Crippen molar-refractivity contribution in [2.45, 2.75) is 62.9 Å². The van der Waals surface area contributed by atoms with Gasteiger partial charge in [0.2, 0.25) is 17.7 Å². The van der Waals surface area contributed by atoms with Gasteiger partial charge in [0.05, 0.1) is 12.1 Å². The van der Waals surface area contributed by atoms with Crippen LogP contribution in [0.15, 0.2) is 59.6 Å². The maximum Gasteiger partial charge on any atom is 0.326 e. The van der Waals surface area contributed by atoms with Crippen molar-refractivity contribution in [3.63, 3.8) is 0 Å². The Kier molecular flexibility index (Phi) is 13.2. The van der Waals surface area contributed by atoms with Gasteiger partial charge in [0.1, 0.15) is 23.9 Å². The average molecular weight is 586 g/mol. The lowest BCUT2D eigenvalue weighted by Gasteiger charge is -2.26. The number of benzene rings is 2. The Hall–Kier alpha value is -4.69. The zero-order valence-corrected chi connectivity index (χ0v) is 23.3. The number of aliphatic hydroxyl groups is 1. The Bertz CT molecular complexity index is 1220. The van der Waals surface area contributed by atoms with E-state index < -0.39 is 54.0 Å². The van der Waals surface area contributed by atoms with Crippen LogP contribution in [-0.2, 0) is 32.0 Å². The van der Waals surface area contributed by atoms with Crippen LogP contribution >= 0.6 is 0 Å². The summed E-state index contributed by atoms with van der Waals surface area (Å²) in [5.74, 6) is -3.85. The third kappa shape index (κ3) is 11.4. The van der Waals surface area contributed by atoms with E-state index in [-0.39, 0.29) is 43.9 Å². The third-order valence-corrected chi connectivity index (χ3v) is 6.27. The molecule has 0 spiro atoms. The third-order valence-electron chi connectivity index (χ3n) is 6.27. The van der Waals surface area contributed by atoms with E-state index >= 15 is 0 Å². The number of carbonyl (C=O) groups is 4. The number of phenolic OH excluding ortho intramolecular Hbond substituents is 1. The number of carbonyl (C=O) groups excluding carboxylic acids is 3. The highest BCUT2D eigenvalue weighted by molar-refractivity contribution is 5.94. The van der Waals surface area contributed by atoms with Gasteiger partial charge in [-0.15, -0.1) is 0 Å². The number of nitrogens with one attached hydrogen (secondary N) is 3. The molecular formula is C28H39N7O7. The van der Waals surface area contributed by atoms with E-state index in [1.807, 2.05) is 6.07 Å². The van der Waals surface area contributed by atoms with Crippen LogP contribution in [0.2, 0.25) is 0 Å². The summed E-state index contributed by atoms with van der Waals surface area (Å²) >= 11 is 0. The lowest BCUT2D eigenvalue weighted by molar-refractivity contribution is -0.142. The molecule has 14 heteroatoms. The number of aliphatic hydroxyl groups excluding tert-OH is 1. The zero-order chi connectivity index (χ0) is 31.2. The molecule has 42 heavy (non-hydrogen) atoms. The van der Waals surface area contributed by atoms with Gasteiger partial charge in [-0.1, -0.05) is 42.5 Å². The SMILES string of the molecule is CC(O)C(NC(=O)C(N)Cc1ccccc1)C(=O)NC(CCCN=C(N)N)C(=O)NC(Cc1ccc(O)cc1)C(=O)O. The highest BCUT2D eigenvalue weighted by atomic mass is 16.4. The molecule has 0 radical (unpaired) electrons. The van der Waals surface area contributed by atoms with E-state index in [1.54, 1.807) is 24.3 Å². The number of guanidine groups is 1. The summed E-state index contributed by atoms with van der Waals surface area (Å²) in [4.78, 5) is 54.9. The van der Waals surface area contributed by atoms with Crippen LogP contribution in [0.25, 0.3) is 0 Å². The molecule has 0 saturated carbocycles. The molecule has 2 aromatic rings. The molecule has 0 fully saturated rings. The first-order chi connectivity index (χ1) is 19.9. The standard InChI is InChI=1S/C28H39N7O7/c1-16(36)23(35-24(38)20(29)14-17-6-3-2-4-7-17)26(40)33-21(8-5-13-32-28(30)31)25(39)34-22(27(41)42)15-18-9-11-19(37)12-10-18/h2-4,6-7,9-12,16,20-23,36-37H,5,8,13-15,29H2,1H3,(H,33,40)(H,34,39)(H,35,38)(H,41,42)(H4,30,31,32). The number of amides is 3. The first kappa shape index (κ1) is 33.5. The van der Waals surface area contributed by atoms with Crippen molar-refractivity contribution < 1.29 is 34.5 Å². The molecular weight excluding hydrogens is 546 g/mol. The molecule has 0 heterocycles. The summed E-state index contributed by atoms with van der Waals surface area (Å²) in [5.41, 5.74) is 18.0. The molecule has 0 bridgehead atoms. The Morgan fingerprint density at radius 1 is 0.833 bits per heavy atom. The number of rotatable bonds is 16. The summed E-state index contributed by atoms with van der Waals surface area (Å²) in [6.07, 6.45) is -1.02. The normalized spacial score (nSPS) is 14.4. The number of nitrogens with zero attached hydrogens (tertiary/aromatic N) is 1. The van der Waals surface area contributed by atoms with Gasteiger partial charge in [-0.05, 0) is 49.4 Å². The minimum absolute atomic E-state index is 0.000934. The van der Waals surface area contributed by atoms with E-state index in [1.165, 1.54) is 31.2 Å². The highest BCUT2D eigenvalue weighted by Gasteiger charge is 2.32. The summed E-state index contributed by atoms with van der Waals surface area (Å²) in [6.45, 7) is 1.42. The Balaban J connectivity index is 2.15. The molecule has 0 saturated heterocycles. The monoisotopic (exact) mass is 585 g/mol. The van der Waals surface area contributed by atoms with Gasteiger partial charge in [-0.25, -0.2) is 4.79 Å². The van der Waals surface area contributed by atoms with Gasteiger partial charge in [0.25, 0.3) is 0 Å². The minimum Gasteiger partial charge on any atom is -0.508 e. The van der Waals surface area contributed by atoms with Crippen LogP contribution in [0.4, 0.5) is 0 Å². The summed E-state index contributed by atoms with van der Waals surface area (Å²) in [6, 6.07) is 9.72. The minimum atomic E-state index is -1.46. The van der Waals surface area contributed by atoms with Crippen LogP contribution in [0.5, 0.6) is 5.75 Å². The number of hydrogen-bond donors (Lipinski definition) is 9. The second-order valence-electron chi connectivity index (χ2n) is 9.80. The van der Waals surface area contributed by atoms with Crippen LogP contribution in [-0.4, -0.2) is 81.8 Å². The number of aliphatic imine (C=N–C) groups is 1. The molecule has 12 N–H and O–H groups in total. The summed E-state index contributed by atoms with van der Waals surface area (Å²) in [7, 11) is 0. The van der Waals surface area contributed by atoms with Gasteiger partial charge in [-0.3, -0.25) is 19.4 Å². The van der Waals surface area contributed by atoms with E-state index in [4.69, 9.17) is 17.2 Å². The molecule has 2 aromatic carbocycles. The number of hydrogen-bond acceptors (Lipinski definition) is 8. The van der Waals surface area contributed by atoms with Gasteiger partial charge in [-0.2, -0.15) is 0 Å². The van der Waals surface area contributed by atoms with Crippen molar-refractivity contribution in [1.82, 2.24) is 16.0 Å². The lowest BCUT2D eigenvalue weighted by atomic mass is 10.0. The molecule has 5 atom stereocenters. The van der Waals surface area contributed by atoms with Crippen LogP contribution in [0, 0.1) is 0 Å². The van der Waals surface area contributed by atoms with Crippen molar-refractivity contribution in [2.75, 3.05) is 6.54 Å². The van der Waals surface area contributed by atoms with Crippen LogP contribution in [0.1, 0.15) is 30.9 Å². The number of carboxylic acid groups (broad SMARTS) is 1. The van der Waals surface area contributed by atoms with E-state index in [9.17, 15) is 34.5 Å². The number of phenols is 1. The molecule has 0 aliphatic carbocycles. The lowest BCUT2D eigenvalue weighted by Crippen LogP contribution is -2.60. The van der Waals surface area contributed by atoms with E-state index in [0.29, 0.717) is 5.56 Å². The van der Waals surface area contributed by atoms with Crippen molar-refractivity contribution in [1.29, 1.82) is 0 Å².